The molecule has 0 atom stereocenters. The molecule has 150 valence electrons. The molecular formula is C17H26N4O4S2. The van der Waals surface area contributed by atoms with E-state index in [0.29, 0.717) is 32.7 Å². The molecule has 0 N–H and O–H groups in total. The highest BCUT2D eigenvalue weighted by Gasteiger charge is 2.28. The van der Waals surface area contributed by atoms with E-state index in [2.05, 4.69) is 4.90 Å². The zero-order valence-corrected chi connectivity index (χ0v) is 17.2. The van der Waals surface area contributed by atoms with Crippen LogP contribution in [0.25, 0.3) is 0 Å². The monoisotopic (exact) mass is 414 g/mol. The molecule has 8 nitrogen and oxygen atoms in total. The standard InChI is InChI=1S/C17H26N4O4S2/c1-18(27(24,25)17-5-4-12-26-17)13-15(22)21-10-8-19(9-11-21)14-16(23)20-6-2-3-7-20/h4-5,12H,2-3,6-11,13-14H2,1H3. The Morgan fingerprint density at radius 3 is 2.26 bits per heavy atom. The fourth-order valence-corrected chi connectivity index (χ4v) is 5.67. The molecule has 2 saturated heterocycles. The van der Waals surface area contributed by atoms with Crippen molar-refractivity contribution in [2.75, 3.05) is 59.4 Å². The summed E-state index contributed by atoms with van der Waals surface area (Å²) in [5.74, 6) is -0.0443. The molecule has 2 fully saturated rings. The SMILES string of the molecule is CN(CC(=O)N1CCN(CC(=O)N2CCCC2)CC1)S(=O)(=O)c1cccs1. The third kappa shape index (κ3) is 4.87. The van der Waals surface area contributed by atoms with Crippen LogP contribution in [-0.4, -0.2) is 98.6 Å². The van der Waals surface area contributed by atoms with Gasteiger partial charge in [0, 0.05) is 46.3 Å². The number of rotatable bonds is 6. The van der Waals surface area contributed by atoms with Crippen LogP contribution >= 0.6 is 11.3 Å². The molecule has 1 aromatic rings. The molecule has 0 aromatic carbocycles. The molecular weight excluding hydrogens is 388 g/mol. The second kappa shape index (κ2) is 8.68. The Morgan fingerprint density at radius 1 is 1.04 bits per heavy atom. The molecule has 0 spiro atoms. The maximum atomic E-state index is 12.5. The van der Waals surface area contributed by atoms with Gasteiger partial charge in [-0.1, -0.05) is 6.07 Å². The molecule has 2 amide bonds. The van der Waals surface area contributed by atoms with Gasteiger partial charge in [-0.3, -0.25) is 14.5 Å². The van der Waals surface area contributed by atoms with Crippen molar-refractivity contribution in [3.05, 3.63) is 17.5 Å². The molecule has 0 unspecified atom stereocenters. The largest absolute Gasteiger partial charge is 0.342 e. The van der Waals surface area contributed by atoms with E-state index in [1.165, 1.54) is 13.1 Å². The Hall–Kier alpha value is -1.49. The van der Waals surface area contributed by atoms with E-state index in [1.54, 1.807) is 16.3 Å². The molecule has 0 bridgehead atoms. The zero-order valence-electron chi connectivity index (χ0n) is 15.5. The summed E-state index contributed by atoms with van der Waals surface area (Å²) < 4.78 is 26.2. The number of thiophene rings is 1. The van der Waals surface area contributed by atoms with Gasteiger partial charge in [0.2, 0.25) is 11.8 Å². The second-order valence-corrected chi connectivity index (χ2v) is 10.2. The highest BCUT2D eigenvalue weighted by Crippen LogP contribution is 2.19. The Bertz CT molecular complexity index is 752. The Morgan fingerprint density at radius 2 is 1.67 bits per heavy atom. The Kier molecular flexibility index (Phi) is 6.51. The lowest BCUT2D eigenvalue weighted by molar-refractivity contribution is -0.134. The average Bonchev–Trinajstić information content (AvgIpc) is 3.36. The maximum absolute atomic E-state index is 12.5. The summed E-state index contributed by atoms with van der Waals surface area (Å²) in [6.45, 7) is 4.21. The van der Waals surface area contributed by atoms with Gasteiger partial charge in [0.1, 0.15) is 4.21 Å². The summed E-state index contributed by atoms with van der Waals surface area (Å²) in [6, 6.07) is 3.22. The number of likely N-dealkylation sites (N-methyl/N-ethyl adjacent to an activating group) is 1. The summed E-state index contributed by atoms with van der Waals surface area (Å²) in [4.78, 5) is 30.4. The first-order valence-corrected chi connectivity index (χ1v) is 11.5. The topological polar surface area (TPSA) is 81.2 Å². The predicted octanol–water partition coefficient (Wildman–Crippen LogP) is 0.135. The van der Waals surface area contributed by atoms with Gasteiger partial charge in [0.05, 0.1) is 13.1 Å². The number of amides is 2. The molecule has 0 radical (unpaired) electrons. The molecule has 0 aliphatic carbocycles. The summed E-state index contributed by atoms with van der Waals surface area (Å²) in [5, 5.41) is 1.70. The smallest absolute Gasteiger partial charge is 0.252 e. The normalized spacial score (nSPS) is 19.0. The van der Waals surface area contributed by atoms with Crippen LogP contribution in [0, 0.1) is 0 Å². The van der Waals surface area contributed by atoms with E-state index in [1.807, 2.05) is 4.90 Å². The predicted molar refractivity (Wildman–Crippen MR) is 103 cm³/mol. The summed E-state index contributed by atoms with van der Waals surface area (Å²) in [7, 11) is -2.19. The first kappa shape index (κ1) is 20.2. The van der Waals surface area contributed by atoms with Gasteiger partial charge in [0.15, 0.2) is 0 Å². The minimum atomic E-state index is -3.62. The van der Waals surface area contributed by atoms with Crippen molar-refractivity contribution < 1.29 is 18.0 Å². The van der Waals surface area contributed by atoms with Crippen LogP contribution in [0.4, 0.5) is 0 Å². The van der Waals surface area contributed by atoms with E-state index >= 15 is 0 Å². The van der Waals surface area contributed by atoms with Crippen molar-refractivity contribution in [3.8, 4) is 0 Å². The van der Waals surface area contributed by atoms with Crippen LogP contribution < -0.4 is 0 Å². The summed E-state index contributed by atoms with van der Waals surface area (Å²) in [5.41, 5.74) is 0. The van der Waals surface area contributed by atoms with Crippen LogP contribution in [0.5, 0.6) is 0 Å². The van der Waals surface area contributed by atoms with Crippen LogP contribution in [-0.2, 0) is 19.6 Å². The van der Waals surface area contributed by atoms with Crippen LogP contribution in [0.3, 0.4) is 0 Å². The van der Waals surface area contributed by atoms with Crippen molar-refractivity contribution in [1.82, 2.24) is 19.0 Å². The quantitative estimate of drug-likeness (QED) is 0.661. The van der Waals surface area contributed by atoms with Gasteiger partial charge < -0.3 is 9.80 Å². The molecule has 10 heteroatoms. The highest BCUT2D eigenvalue weighted by atomic mass is 32.2. The van der Waals surface area contributed by atoms with Gasteiger partial charge in [-0.2, -0.15) is 4.31 Å². The fraction of sp³-hybridized carbons (Fsp3) is 0.647. The summed E-state index contributed by atoms with van der Waals surface area (Å²) in [6.07, 6.45) is 2.16. The number of carbonyl (C=O) groups excluding carboxylic acids is 2. The fourth-order valence-electron chi connectivity index (χ4n) is 3.35. The number of carbonyl (C=O) groups is 2. The van der Waals surface area contributed by atoms with Crippen molar-refractivity contribution in [3.63, 3.8) is 0 Å². The lowest BCUT2D eigenvalue weighted by Crippen LogP contribution is -2.53. The Labute approximate surface area is 164 Å². The van der Waals surface area contributed by atoms with E-state index < -0.39 is 10.0 Å². The minimum Gasteiger partial charge on any atom is -0.342 e. The lowest BCUT2D eigenvalue weighted by Gasteiger charge is -2.35. The number of piperazine rings is 1. The van der Waals surface area contributed by atoms with Crippen molar-refractivity contribution in [2.45, 2.75) is 17.1 Å². The molecule has 1 aromatic heterocycles. The third-order valence-electron chi connectivity index (χ3n) is 5.06. The average molecular weight is 415 g/mol. The number of sulfonamides is 1. The number of likely N-dealkylation sites (tertiary alicyclic amines) is 1. The molecule has 3 heterocycles. The van der Waals surface area contributed by atoms with Gasteiger partial charge in [-0.25, -0.2) is 8.42 Å². The lowest BCUT2D eigenvalue weighted by atomic mass is 10.3. The molecule has 2 aliphatic heterocycles. The number of hydrogen-bond donors (Lipinski definition) is 0. The van der Waals surface area contributed by atoms with E-state index in [0.717, 1.165) is 41.6 Å². The summed E-state index contributed by atoms with van der Waals surface area (Å²) >= 11 is 1.14. The number of nitrogens with zero attached hydrogens (tertiary/aromatic N) is 4. The maximum Gasteiger partial charge on any atom is 0.252 e. The van der Waals surface area contributed by atoms with Gasteiger partial charge in [0.25, 0.3) is 10.0 Å². The van der Waals surface area contributed by atoms with Gasteiger partial charge >= 0.3 is 0 Å². The van der Waals surface area contributed by atoms with Crippen LogP contribution in [0.15, 0.2) is 21.7 Å². The van der Waals surface area contributed by atoms with Crippen molar-refractivity contribution >= 4 is 33.2 Å². The molecule has 27 heavy (non-hydrogen) atoms. The second-order valence-electron chi connectivity index (χ2n) is 6.94. The first-order chi connectivity index (χ1) is 12.9. The van der Waals surface area contributed by atoms with Crippen molar-refractivity contribution in [2.24, 2.45) is 0 Å². The third-order valence-corrected chi connectivity index (χ3v) is 8.24. The van der Waals surface area contributed by atoms with E-state index in [4.69, 9.17) is 0 Å². The Balaban J connectivity index is 1.46. The van der Waals surface area contributed by atoms with Gasteiger partial charge in [-0.05, 0) is 24.3 Å². The van der Waals surface area contributed by atoms with E-state index in [9.17, 15) is 18.0 Å². The minimum absolute atomic E-state index is 0.161. The number of hydrogen-bond acceptors (Lipinski definition) is 6. The van der Waals surface area contributed by atoms with E-state index in [-0.39, 0.29) is 22.6 Å². The van der Waals surface area contributed by atoms with Crippen molar-refractivity contribution in [1.29, 1.82) is 0 Å². The van der Waals surface area contributed by atoms with Gasteiger partial charge in [-0.15, -0.1) is 11.3 Å². The zero-order chi connectivity index (χ0) is 19.4. The first-order valence-electron chi connectivity index (χ1n) is 9.15. The molecule has 2 aliphatic rings. The molecule has 0 saturated carbocycles. The van der Waals surface area contributed by atoms with Crippen LogP contribution in [0.1, 0.15) is 12.8 Å². The molecule has 3 rings (SSSR count). The van der Waals surface area contributed by atoms with Crippen LogP contribution in [0.2, 0.25) is 0 Å². The highest BCUT2D eigenvalue weighted by molar-refractivity contribution is 7.91.